The van der Waals surface area contributed by atoms with Crippen molar-refractivity contribution in [2.45, 2.75) is 20.0 Å². The highest BCUT2D eigenvalue weighted by Crippen LogP contribution is 2.12. The monoisotopic (exact) mass is 176 g/mol. The second-order valence-corrected chi connectivity index (χ2v) is 3.05. The Balaban J connectivity index is 2.64. The summed E-state index contributed by atoms with van der Waals surface area (Å²) in [6.07, 6.45) is 4.72. The van der Waals surface area contributed by atoms with Crippen LogP contribution in [0.15, 0.2) is 24.5 Å². The summed E-state index contributed by atoms with van der Waals surface area (Å²) in [4.78, 5) is 0. The van der Waals surface area contributed by atoms with Gasteiger partial charge in [-0.3, -0.25) is 0 Å². The molecule has 13 heavy (non-hydrogen) atoms. The molecule has 0 saturated carbocycles. The second-order valence-electron chi connectivity index (χ2n) is 3.05. The van der Waals surface area contributed by atoms with Gasteiger partial charge >= 0.3 is 0 Å². The average Bonchev–Trinajstić information content (AvgIpc) is 2.59. The molecule has 0 aliphatic rings. The summed E-state index contributed by atoms with van der Waals surface area (Å²) in [5.41, 5.74) is 3.24. The van der Waals surface area contributed by atoms with Crippen molar-refractivity contribution in [1.82, 2.24) is 9.61 Å². The minimum Gasteiger partial charge on any atom is -0.392 e. The third kappa shape index (κ3) is 1.31. The molecule has 2 aromatic rings. The van der Waals surface area contributed by atoms with Crippen LogP contribution in [0.3, 0.4) is 0 Å². The molecule has 0 aliphatic heterocycles. The van der Waals surface area contributed by atoms with Crippen molar-refractivity contribution >= 4 is 5.52 Å². The Morgan fingerprint density at radius 3 is 3.08 bits per heavy atom. The van der Waals surface area contributed by atoms with Gasteiger partial charge in [-0.05, 0) is 29.7 Å². The van der Waals surface area contributed by atoms with E-state index in [1.807, 2.05) is 29.0 Å². The number of hydrogen-bond donors (Lipinski definition) is 1. The zero-order valence-corrected chi connectivity index (χ0v) is 7.57. The summed E-state index contributed by atoms with van der Waals surface area (Å²) in [6, 6.07) is 3.85. The highest BCUT2D eigenvalue weighted by molar-refractivity contribution is 5.55. The third-order valence-electron chi connectivity index (χ3n) is 2.23. The van der Waals surface area contributed by atoms with Crippen molar-refractivity contribution in [2.75, 3.05) is 0 Å². The van der Waals surface area contributed by atoms with E-state index in [2.05, 4.69) is 12.0 Å². The number of nitrogens with zero attached hydrogens (tertiary/aromatic N) is 2. The number of aryl methyl sites for hydroxylation is 1. The van der Waals surface area contributed by atoms with Crippen LogP contribution in [0.25, 0.3) is 5.52 Å². The fraction of sp³-hybridized carbons (Fsp3) is 0.300. The average molecular weight is 176 g/mol. The van der Waals surface area contributed by atoms with Crippen molar-refractivity contribution in [3.63, 3.8) is 0 Å². The molecule has 2 rings (SSSR count). The van der Waals surface area contributed by atoms with E-state index in [1.54, 1.807) is 0 Å². The molecule has 0 amide bonds. The Hall–Kier alpha value is -1.35. The van der Waals surface area contributed by atoms with Crippen molar-refractivity contribution in [3.05, 3.63) is 35.7 Å². The third-order valence-corrected chi connectivity index (χ3v) is 2.23. The maximum absolute atomic E-state index is 8.97. The minimum atomic E-state index is 0.0881. The number of rotatable bonds is 2. The number of pyridine rings is 1. The summed E-state index contributed by atoms with van der Waals surface area (Å²) in [6.45, 7) is 2.19. The van der Waals surface area contributed by atoms with Gasteiger partial charge in [0.1, 0.15) is 0 Å². The van der Waals surface area contributed by atoms with Gasteiger partial charge in [-0.15, -0.1) is 0 Å². The first kappa shape index (κ1) is 8.26. The van der Waals surface area contributed by atoms with Gasteiger partial charge in [-0.2, -0.15) is 5.10 Å². The predicted molar refractivity (Wildman–Crippen MR) is 50.5 cm³/mol. The van der Waals surface area contributed by atoms with Gasteiger partial charge in [0.15, 0.2) is 0 Å². The van der Waals surface area contributed by atoms with Gasteiger partial charge < -0.3 is 5.11 Å². The lowest BCUT2D eigenvalue weighted by Gasteiger charge is -1.98. The molecule has 3 nitrogen and oxygen atoms in total. The minimum absolute atomic E-state index is 0.0881. The SMILES string of the molecule is CCc1cnn2ccc(CO)cc12. The molecular weight excluding hydrogens is 164 g/mol. The van der Waals surface area contributed by atoms with Crippen LogP contribution in [-0.2, 0) is 13.0 Å². The van der Waals surface area contributed by atoms with E-state index in [-0.39, 0.29) is 6.61 Å². The van der Waals surface area contributed by atoms with E-state index in [4.69, 9.17) is 5.11 Å². The molecule has 0 saturated heterocycles. The van der Waals surface area contributed by atoms with Crippen LogP contribution < -0.4 is 0 Å². The molecule has 2 aromatic heterocycles. The molecule has 0 bridgehead atoms. The molecule has 0 aromatic carbocycles. The molecule has 0 spiro atoms. The summed E-state index contributed by atoms with van der Waals surface area (Å²) in [5, 5.41) is 13.2. The zero-order valence-electron chi connectivity index (χ0n) is 7.57. The summed E-state index contributed by atoms with van der Waals surface area (Å²) >= 11 is 0. The number of aliphatic hydroxyl groups is 1. The Morgan fingerprint density at radius 1 is 1.54 bits per heavy atom. The van der Waals surface area contributed by atoms with Gasteiger partial charge in [0.2, 0.25) is 0 Å². The van der Waals surface area contributed by atoms with Gasteiger partial charge in [-0.1, -0.05) is 6.92 Å². The number of aliphatic hydroxyl groups excluding tert-OH is 1. The first-order valence-corrected chi connectivity index (χ1v) is 4.41. The Kier molecular flexibility index (Phi) is 2.02. The van der Waals surface area contributed by atoms with Crippen LogP contribution in [0, 0.1) is 0 Å². The van der Waals surface area contributed by atoms with Crippen molar-refractivity contribution in [2.24, 2.45) is 0 Å². The van der Waals surface area contributed by atoms with E-state index in [1.165, 1.54) is 5.56 Å². The highest BCUT2D eigenvalue weighted by Gasteiger charge is 2.01. The summed E-state index contributed by atoms with van der Waals surface area (Å²) in [7, 11) is 0. The van der Waals surface area contributed by atoms with E-state index in [0.717, 1.165) is 17.5 Å². The quantitative estimate of drug-likeness (QED) is 0.750. The zero-order chi connectivity index (χ0) is 9.26. The van der Waals surface area contributed by atoms with Crippen LogP contribution >= 0.6 is 0 Å². The van der Waals surface area contributed by atoms with Crippen LogP contribution in [-0.4, -0.2) is 14.7 Å². The lowest BCUT2D eigenvalue weighted by molar-refractivity contribution is 0.282. The van der Waals surface area contributed by atoms with E-state index < -0.39 is 0 Å². The maximum atomic E-state index is 8.97. The first-order chi connectivity index (χ1) is 6.35. The van der Waals surface area contributed by atoms with Gasteiger partial charge in [0, 0.05) is 6.20 Å². The molecule has 0 atom stereocenters. The molecular formula is C10H12N2O. The van der Waals surface area contributed by atoms with Crippen molar-refractivity contribution < 1.29 is 5.11 Å². The molecule has 2 heterocycles. The Morgan fingerprint density at radius 2 is 2.38 bits per heavy atom. The molecule has 0 fully saturated rings. The summed E-state index contributed by atoms with van der Waals surface area (Å²) in [5.74, 6) is 0. The van der Waals surface area contributed by atoms with Crippen LogP contribution in [0.2, 0.25) is 0 Å². The lowest BCUT2D eigenvalue weighted by Crippen LogP contribution is -1.90. The molecule has 1 N–H and O–H groups in total. The van der Waals surface area contributed by atoms with Crippen molar-refractivity contribution in [3.8, 4) is 0 Å². The fourth-order valence-corrected chi connectivity index (χ4v) is 1.45. The lowest BCUT2D eigenvalue weighted by atomic mass is 10.2. The molecule has 0 unspecified atom stereocenters. The van der Waals surface area contributed by atoms with Gasteiger partial charge in [0.25, 0.3) is 0 Å². The fourth-order valence-electron chi connectivity index (χ4n) is 1.45. The van der Waals surface area contributed by atoms with Crippen LogP contribution in [0.5, 0.6) is 0 Å². The van der Waals surface area contributed by atoms with E-state index >= 15 is 0 Å². The number of aromatic nitrogens is 2. The molecule has 68 valence electrons. The summed E-state index contributed by atoms with van der Waals surface area (Å²) < 4.78 is 1.83. The molecule has 3 heteroatoms. The van der Waals surface area contributed by atoms with Crippen LogP contribution in [0.1, 0.15) is 18.1 Å². The van der Waals surface area contributed by atoms with Gasteiger partial charge in [0.05, 0.1) is 18.3 Å². The van der Waals surface area contributed by atoms with Gasteiger partial charge in [-0.25, -0.2) is 4.52 Å². The van der Waals surface area contributed by atoms with E-state index in [9.17, 15) is 0 Å². The Bertz CT molecular complexity index is 420. The standard InChI is InChI=1S/C10H12N2O/c1-2-9-6-11-12-4-3-8(7-13)5-10(9)12/h3-6,13H,2,7H2,1H3. The molecule has 0 radical (unpaired) electrons. The Labute approximate surface area is 76.6 Å². The normalized spacial score (nSPS) is 10.9. The van der Waals surface area contributed by atoms with Crippen molar-refractivity contribution in [1.29, 1.82) is 0 Å². The maximum Gasteiger partial charge on any atom is 0.0697 e. The second kappa shape index (κ2) is 3.18. The number of fused-ring (bicyclic) bond motifs is 1. The topological polar surface area (TPSA) is 37.5 Å². The molecule has 0 aliphatic carbocycles. The smallest absolute Gasteiger partial charge is 0.0697 e. The first-order valence-electron chi connectivity index (χ1n) is 4.41. The number of hydrogen-bond acceptors (Lipinski definition) is 2. The van der Waals surface area contributed by atoms with Crippen LogP contribution in [0.4, 0.5) is 0 Å². The largest absolute Gasteiger partial charge is 0.392 e. The predicted octanol–water partition coefficient (Wildman–Crippen LogP) is 1.39. The van der Waals surface area contributed by atoms with E-state index in [0.29, 0.717) is 0 Å². The highest BCUT2D eigenvalue weighted by atomic mass is 16.3.